The number of benzene rings is 1. The molecule has 2 N–H and O–H groups in total. The third-order valence-electron chi connectivity index (χ3n) is 3.40. The molecule has 0 saturated carbocycles. The molecule has 0 bridgehead atoms. The molecule has 1 aromatic carbocycles. The molecule has 3 nitrogen and oxygen atoms in total. The number of rotatable bonds is 5. The zero-order chi connectivity index (χ0) is 15.6. The third kappa shape index (κ3) is 4.11. The van der Waals surface area contributed by atoms with Crippen LogP contribution in [0.25, 0.3) is 0 Å². The summed E-state index contributed by atoms with van der Waals surface area (Å²) >= 11 is 0. The van der Waals surface area contributed by atoms with Crippen LogP contribution in [0.1, 0.15) is 25.0 Å². The number of ether oxygens (including phenoxy) is 1. The van der Waals surface area contributed by atoms with Gasteiger partial charge in [0, 0.05) is 12.1 Å². The molecule has 20 heavy (non-hydrogen) atoms. The van der Waals surface area contributed by atoms with Crippen molar-refractivity contribution in [1.29, 1.82) is 0 Å². The lowest BCUT2D eigenvalue weighted by Gasteiger charge is -2.32. The Morgan fingerprint density at radius 3 is 2.25 bits per heavy atom. The van der Waals surface area contributed by atoms with E-state index in [0.29, 0.717) is 12.4 Å². The largest absolute Gasteiger partial charge is 0.492 e. The average Bonchev–Trinajstić information content (AvgIpc) is 2.34. The summed E-state index contributed by atoms with van der Waals surface area (Å²) in [6.07, 6.45) is -4.39. The van der Waals surface area contributed by atoms with Crippen LogP contribution in [0.4, 0.5) is 13.2 Å². The number of likely N-dealkylation sites (N-methyl/N-ethyl adjacent to an activating group) is 1. The number of nitrogens with two attached hydrogens (primary N) is 1. The van der Waals surface area contributed by atoms with Gasteiger partial charge in [-0.2, -0.15) is 13.2 Å². The minimum Gasteiger partial charge on any atom is -0.492 e. The maximum Gasteiger partial charge on any atom is 0.416 e. The molecule has 1 rings (SSSR count). The van der Waals surface area contributed by atoms with E-state index in [2.05, 4.69) is 0 Å². The van der Waals surface area contributed by atoms with E-state index in [4.69, 9.17) is 10.5 Å². The molecule has 6 heteroatoms. The molecule has 0 aliphatic heterocycles. The van der Waals surface area contributed by atoms with Crippen LogP contribution >= 0.6 is 0 Å². The lowest BCUT2D eigenvalue weighted by atomic mass is 10.1. The Hall–Kier alpha value is -1.27. The molecule has 0 aliphatic rings. The van der Waals surface area contributed by atoms with Gasteiger partial charge in [0.15, 0.2) is 0 Å². The highest BCUT2D eigenvalue weighted by Crippen LogP contribution is 2.33. The summed E-state index contributed by atoms with van der Waals surface area (Å²) in [7, 11) is 3.84. The Morgan fingerprint density at radius 1 is 1.20 bits per heavy atom. The molecule has 1 aromatic rings. The lowest BCUT2D eigenvalue weighted by molar-refractivity contribution is -0.138. The fourth-order valence-corrected chi connectivity index (χ4v) is 1.49. The third-order valence-corrected chi connectivity index (χ3v) is 3.40. The first-order valence-corrected chi connectivity index (χ1v) is 6.28. The van der Waals surface area contributed by atoms with Crippen molar-refractivity contribution in [3.8, 4) is 5.75 Å². The Morgan fingerprint density at radius 2 is 1.80 bits per heavy atom. The molecule has 0 heterocycles. The van der Waals surface area contributed by atoms with E-state index in [9.17, 15) is 13.2 Å². The number of hydrogen-bond donors (Lipinski definition) is 1. The van der Waals surface area contributed by atoms with E-state index < -0.39 is 11.7 Å². The van der Waals surface area contributed by atoms with Gasteiger partial charge < -0.3 is 15.4 Å². The van der Waals surface area contributed by atoms with Crippen molar-refractivity contribution in [2.24, 2.45) is 5.73 Å². The van der Waals surface area contributed by atoms with Crippen molar-refractivity contribution in [2.45, 2.75) is 32.1 Å². The van der Waals surface area contributed by atoms with Gasteiger partial charge in [0.1, 0.15) is 12.4 Å². The topological polar surface area (TPSA) is 38.5 Å². The molecule has 0 amide bonds. The van der Waals surface area contributed by atoms with E-state index in [1.165, 1.54) is 12.1 Å². The monoisotopic (exact) mass is 290 g/mol. The van der Waals surface area contributed by atoms with Crippen LogP contribution in [-0.2, 0) is 12.7 Å². The summed E-state index contributed by atoms with van der Waals surface area (Å²) in [5.74, 6) is 0.397. The maximum atomic E-state index is 12.7. The second kappa shape index (κ2) is 6.01. The molecule has 0 aromatic heterocycles. The van der Waals surface area contributed by atoms with Crippen molar-refractivity contribution < 1.29 is 17.9 Å². The van der Waals surface area contributed by atoms with E-state index >= 15 is 0 Å². The average molecular weight is 290 g/mol. The molecule has 0 radical (unpaired) electrons. The summed E-state index contributed by atoms with van der Waals surface area (Å²) in [5, 5.41) is 0. The van der Waals surface area contributed by atoms with Crippen molar-refractivity contribution in [1.82, 2.24) is 4.90 Å². The van der Waals surface area contributed by atoms with Gasteiger partial charge in [0.05, 0.1) is 5.56 Å². The molecule has 114 valence electrons. The molecule has 0 fully saturated rings. The highest BCUT2D eigenvalue weighted by molar-refractivity contribution is 5.37. The molecule has 0 saturated heterocycles. The molecular weight excluding hydrogens is 269 g/mol. The molecule has 0 aliphatic carbocycles. The number of hydrogen-bond acceptors (Lipinski definition) is 3. The SMILES string of the molecule is CN(C)C(C)(C)COc1ccc(C(F)(F)F)c(CN)c1. The molecule has 0 atom stereocenters. The van der Waals surface area contributed by atoms with Crippen molar-refractivity contribution in [3.63, 3.8) is 0 Å². The Balaban J connectivity index is 2.90. The van der Waals surface area contributed by atoms with Gasteiger partial charge in [-0.1, -0.05) is 0 Å². The predicted molar refractivity (Wildman–Crippen MR) is 72.6 cm³/mol. The van der Waals surface area contributed by atoms with Gasteiger partial charge in [-0.15, -0.1) is 0 Å². The number of alkyl halides is 3. The summed E-state index contributed by atoms with van der Waals surface area (Å²) in [6.45, 7) is 4.17. The number of halogens is 3. The Kier molecular flexibility index (Phi) is 5.05. The van der Waals surface area contributed by atoms with E-state index in [1.807, 2.05) is 32.8 Å². The first-order valence-electron chi connectivity index (χ1n) is 6.28. The van der Waals surface area contributed by atoms with Gasteiger partial charge in [0.2, 0.25) is 0 Å². The lowest BCUT2D eigenvalue weighted by Crippen LogP contribution is -2.43. The van der Waals surface area contributed by atoms with E-state index in [0.717, 1.165) is 6.07 Å². The minimum absolute atomic E-state index is 0.0395. The van der Waals surface area contributed by atoms with Crippen LogP contribution in [0, 0.1) is 0 Å². The summed E-state index contributed by atoms with van der Waals surface area (Å²) < 4.78 is 43.8. The van der Waals surface area contributed by atoms with Crippen LogP contribution in [0.5, 0.6) is 5.75 Å². The Bertz CT molecular complexity index is 456. The second-order valence-corrected chi connectivity index (χ2v) is 5.52. The normalized spacial score (nSPS) is 12.8. The minimum atomic E-state index is -4.39. The fourth-order valence-electron chi connectivity index (χ4n) is 1.49. The quantitative estimate of drug-likeness (QED) is 0.906. The van der Waals surface area contributed by atoms with Crippen molar-refractivity contribution >= 4 is 0 Å². The fraction of sp³-hybridized carbons (Fsp3) is 0.571. The van der Waals surface area contributed by atoms with Gasteiger partial charge in [0.25, 0.3) is 0 Å². The summed E-state index contributed by atoms with van der Waals surface area (Å²) in [4.78, 5) is 1.99. The summed E-state index contributed by atoms with van der Waals surface area (Å²) in [6, 6.07) is 3.70. The van der Waals surface area contributed by atoms with E-state index in [-0.39, 0.29) is 17.6 Å². The zero-order valence-corrected chi connectivity index (χ0v) is 12.2. The van der Waals surface area contributed by atoms with Crippen LogP contribution < -0.4 is 10.5 Å². The van der Waals surface area contributed by atoms with Crippen LogP contribution in [-0.4, -0.2) is 31.1 Å². The Labute approximate surface area is 117 Å². The zero-order valence-electron chi connectivity index (χ0n) is 12.2. The molecule has 0 spiro atoms. The second-order valence-electron chi connectivity index (χ2n) is 5.52. The standard InChI is InChI=1S/C14H21F3N2O/c1-13(2,19(3)4)9-20-11-5-6-12(14(15,16)17)10(7-11)8-18/h5-7H,8-9,18H2,1-4H3. The molecule has 0 unspecified atom stereocenters. The van der Waals surface area contributed by atoms with E-state index in [1.54, 1.807) is 0 Å². The smallest absolute Gasteiger partial charge is 0.416 e. The van der Waals surface area contributed by atoms with Crippen LogP contribution in [0.2, 0.25) is 0 Å². The van der Waals surface area contributed by atoms with Crippen molar-refractivity contribution in [2.75, 3.05) is 20.7 Å². The van der Waals surface area contributed by atoms with Crippen molar-refractivity contribution in [3.05, 3.63) is 29.3 Å². The molecular formula is C14H21F3N2O. The summed E-state index contributed by atoms with van der Waals surface area (Å²) in [5.41, 5.74) is 4.50. The first kappa shape index (κ1) is 16.8. The highest BCUT2D eigenvalue weighted by Gasteiger charge is 2.33. The van der Waals surface area contributed by atoms with Gasteiger partial charge in [-0.05, 0) is 51.7 Å². The first-order chi connectivity index (χ1) is 9.08. The van der Waals surface area contributed by atoms with Gasteiger partial charge in [-0.25, -0.2) is 0 Å². The van der Waals surface area contributed by atoms with Crippen LogP contribution in [0.15, 0.2) is 18.2 Å². The van der Waals surface area contributed by atoms with Crippen LogP contribution in [0.3, 0.4) is 0 Å². The highest BCUT2D eigenvalue weighted by atomic mass is 19.4. The van der Waals surface area contributed by atoms with Gasteiger partial charge >= 0.3 is 6.18 Å². The predicted octanol–water partition coefficient (Wildman–Crippen LogP) is 2.88. The van der Waals surface area contributed by atoms with Gasteiger partial charge in [-0.3, -0.25) is 0 Å². The maximum absolute atomic E-state index is 12.7. The number of nitrogens with zero attached hydrogens (tertiary/aromatic N) is 1.